The van der Waals surface area contributed by atoms with Crippen molar-refractivity contribution in [1.82, 2.24) is 0 Å². The van der Waals surface area contributed by atoms with Gasteiger partial charge in [0.1, 0.15) is 0 Å². The molecule has 2 aromatic rings. The van der Waals surface area contributed by atoms with E-state index in [1.54, 1.807) is 0 Å². The molecular weight excluding hydrogens is 348 g/mol. The van der Waals surface area contributed by atoms with E-state index in [0.717, 1.165) is 0 Å². The van der Waals surface area contributed by atoms with E-state index in [0.29, 0.717) is 13.0 Å². The first-order chi connectivity index (χ1) is 12.8. The van der Waals surface area contributed by atoms with Crippen molar-refractivity contribution in [2.45, 2.75) is 52.2 Å². The molecule has 0 unspecified atom stereocenters. The monoisotopic (exact) mass is 382 g/mol. The molecule has 2 aromatic carbocycles. The summed E-state index contributed by atoms with van der Waals surface area (Å²) >= 11 is 0. The van der Waals surface area contributed by atoms with Crippen LogP contribution in [0.3, 0.4) is 0 Å². The first kappa shape index (κ1) is 21.6. The second-order valence-electron chi connectivity index (χ2n) is 8.25. The van der Waals surface area contributed by atoms with Crippen molar-refractivity contribution in [3.05, 3.63) is 72.8 Å². The molecule has 0 bridgehead atoms. The lowest BCUT2D eigenvalue weighted by Crippen LogP contribution is -2.66. The fourth-order valence-corrected chi connectivity index (χ4v) is 8.37. The molecule has 3 heteroatoms. The molecule has 0 aliphatic carbocycles. The highest BCUT2D eigenvalue weighted by Crippen LogP contribution is 2.36. The highest BCUT2D eigenvalue weighted by atomic mass is 28.4. The van der Waals surface area contributed by atoms with E-state index in [-0.39, 0.29) is 17.1 Å². The summed E-state index contributed by atoms with van der Waals surface area (Å²) in [6.45, 7) is 11.4. The summed E-state index contributed by atoms with van der Waals surface area (Å²) in [7, 11) is -2.50. The normalized spacial score (nSPS) is 15.0. The van der Waals surface area contributed by atoms with Crippen molar-refractivity contribution >= 4 is 18.7 Å². The molecular formula is C24H34O2Si. The van der Waals surface area contributed by atoms with Gasteiger partial charge in [0.25, 0.3) is 8.32 Å². The first-order valence-electron chi connectivity index (χ1n) is 9.89. The number of allylic oxidation sites excluding steroid dienone is 1. The van der Waals surface area contributed by atoms with Crippen LogP contribution in [-0.4, -0.2) is 26.1 Å². The molecule has 0 saturated heterocycles. The van der Waals surface area contributed by atoms with Gasteiger partial charge in [0.2, 0.25) is 0 Å². The van der Waals surface area contributed by atoms with Gasteiger partial charge in [0, 0.05) is 12.5 Å². The van der Waals surface area contributed by atoms with Crippen LogP contribution >= 0.6 is 0 Å². The van der Waals surface area contributed by atoms with Crippen molar-refractivity contribution in [1.29, 1.82) is 0 Å². The number of rotatable bonds is 8. The molecule has 2 rings (SSSR count). The first-order valence-corrected chi connectivity index (χ1v) is 11.8. The molecule has 0 aliphatic heterocycles. The van der Waals surface area contributed by atoms with Crippen molar-refractivity contribution in [3.63, 3.8) is 0 Å². The molecule has 27 heavy (non-hydrogen) atoms. The third-order valence-corrected chi connectivity index (χ3v) is 10.3. The average Bonchev–Trinajstić information content (AvgIpc) is 2.65. The zero-order chi connectivity index (χ0) is 19.9. The van der Waals surface area contributed by atoms with Crippen LogP contribution in [0.4, 0.5) is 0 Å². The second-order valence-corrected chi connectivity index (χ2v) is 12.6. The third-order valence-electron chi connectivity index (χ3n) is 5.25. The molecule has 0 heterocycles. The maximum absolute atomic E-state index is 10.5. The van der Waals surface area contributed by atoms with E-state index in [9.17, 15) is 5.11 Å². The summed E-state index contributed by atoms with van der Waals surface area (Å²) in [5, 5.41) is 13.0. The Morgan fingerprint density at radius 1 is 0.963 bits per heavy atom. The van der Waals surface area contributed by atoms with Gasteiger partial charge in [-0.25, -0.2) is 0 Å². The van der Waals surface area contributed by atoms with Crippen LogP contribution in [0.1, 0.15) is 41.0 Å². The summed E-state index contributed by atoms with van der Waals surface area (Å²) in [5.41, 5.74) is 0. The minimum absolute atomic E-state index is 0.0321. The van der Waals surface area contributed by atoms with Gasteiger partial charge >= 0.3 is 0 Å². The third kappa shape index (κ3) is 4.98. The number of aliphatic hydroxyl groups is 1. The van der Waals surface area contributed by atoms with Gasteiger partial charge < -0.3 is 9.53 Å². The number of benzene rings is 2. The van der Waals surface area contributed by atoms with Gasteiger partial charge in [0.05, 0.1) is 6.10 Å². The number of hydrogen-bond donors (Lipinski definition) is 1. The van der Waals surface area contributed by atoms with Gasteiger partial charge in [-0.1, -0.05) is 101 Å². The Bertz CT molecular complexity index is 665. The smallest absolute Gasteiger partial charge is 0.261 e. The topological polar surface area (TPSA) is 29.5 Å². The average molecular weight is 383 g/mol. The lowest BCUT2D eigenvalue weighted by atomic mass is 10.0. The SMILES string of the molecule is C/C=C/[C@@H](C)[C@H](O)CCO[Si](c1ccccc1)(c1ccccc1)C(C)(C)C. The van der Waals surface area contributed by atoms with Crippen molar-refractivity contribution in [2.75, 3.05) is 6.61 Å². The van der Waals surface area contributed by atoms with Crippen LogP contribution in [0.15, 0.2) is 72.8 Å². The zero-order valence-corrected chi connectivity index (χ0v) is 18.4. The highest BCUT2D eigenvalue weighted by Gasteiger charge is 2.50. The quantitative estimate of drug-likeness (QED) is 0.537. The standard InChI is InChI=1S/C24H34O2Si/c1-6-13-20(2)23(25)18-19-26-27(24(3,4)5,21-14-9-7-10-15-21)22-16-11-8-12-17-22/h6-17,20,23,25H,18-19H2,1-5H3/b13-6+/t20-,23-/m1/s1. The van der Waals surface area contributed by atoms with E-state index < -0.39 is 8.32 Å². The van der Waals surface area contributed by atoms with E-state index in [1.807, 2.05) is 26.0 Å². The predicted octanol–water partition coefficient (Wildman–Crippen LogP) is 4.53. The Morgan fingerprint density at radius 2 is 1.44 bits per heavy atom. The van der Waals surface area contributed by atoms with Crippen molar-refractivity contribution < 1.29 is 9.53 Å². The van der Waals surface area contributed by atoms with Gasteiger partial charge in [0.15, 0.2) is 0 Å². The minimum atomic E-state index is -2.50. The van der Waals surface area contributed by atoms with E-state index in [1.165, 1.54) is 10.4 Å². The second kappa shape index (κ2) is 9.49. The molecule has 1 N–H and O–H groups in total. The summed E-state index contributed by atoms with van der Waals surface area (Å²) in [6, 6.07) is 21.3. The molecule has 0 fully saturated rings. The molecule has 0 aliphatic rings. The van der Waals surface area contributed by atoms with Gasteiger partial charge in [-0.05, 0) is 28.8 Å². The van der Waals surface area contributed by atoms with Crippen LogP contribution in [0.2, 0.25) is 5.04 Å². The molecule has 2 nitrogen and oxygen atoms in total. The van der Waals surface area contributed by atoms with Gasteiger partial charge in [-0.3, -0.25) is 0 Å². The van der Waals surface area contributed by atoms with Crippen LogP contribution in [0, 0.1) is 5.92 Å². The van der Waals surface area contributed by atoms with Crippen molar-refractivity contribution in [3.8, 4) is 0 Å². The minimum Gasteiger partial charge on any atom is -0.407 e. The molecule has 0 saturated carbocycles. The maximum Gasteiger partial charge on any atom is 0.261 e. The van der Waals surface area contributed by atoms with Crippen LogP contribution < -0.4 is 10.4 Å². The van der Waals surface area contributed by atoms with Gasteiger partial charge in [-0.2, -0.15) is 0 Å². The van der Waals surface area contributed by atoms with Crippen LogP contribution in [-0.2, 0) is 4.43 Å². The lowest BCUT2D eigenvalue weighted by molar-refractivity contribution is 0.106. The summed E-state index contributed by atoms with van der Waals surface area (Å²) in [6.07, 6.45) is 4.29. The Hall–Kier alpha value is -1.68. The molecule has 0 radical (unpaired) electrons. The lowest BCUT2D eigenvalue weighted by Gasteiger charge is -2.43. The van der Waals surface area contributed by atoms with E-state index in [2.05, 4.69) is 81.4 Å². The molecule has 2 atom stereocenters. The fraction of sp³-hybridized carbons (Fsp3) is 0.417. The summed E-state index contributed by atoms with van der Waals surface area (Å²) in [5.74, 6) is 0.137. The highest BCUT2D eigenvalue weighted by molar-refractivity contribution is 6.99. The Labute approximate surface area is 166 Å². The molecule has 146 valence electrons. The van der Waals surface area contributed by atoms with Gasteiger partial charge in [-0.15, -0.1) is 0 Å². The van der Waals surface area contributed by atoms with Crippen LogP contribution in [0.25, 0.3) is 0 Å². The maximum atomic E-state index is 10.5. The summed E-state index contributed by atoms with van der Waals surface area (Å²) < 4.78 is 6.82. The number of aliphatic hydroxyl groups excluding tert-OH is 1. The number of hydrogen-bond acceptors (Lipinski definition) is 2. The van der Waals surface area contributed by atoms with E-state index in [4.69, 9.17) is 4.43 Å². The zero-order valence-electron chi connectivity index (χ0n) is 17.4. The van der Waals surface area contributed by atoms with Crippen molar-refractivity contribution in [2.24, 2.45) is 5.92 Å². The molecule has 0 amide bonds. The van der Waals surface area contributed by atoms with Crippen LogP contribution in [0.5, 0.6) is 0 Å². The largest absolute Gasteiger partial charge is 0.407 e. The molecule has 0 aromatic heterocycles. The Balaban J connectivity index is 2.38. The van der Waals surface area contributed by atoms with E-state index >= 15 is 0 Å². The molecule has 0 spiro atoms. The Kier molecular flexibility index (Phi) is 7.60. The summed E-state index contributed by atoms with van der Waals surface area (Å²) in [4.78, 5) is 0. The fourth-order valence-electron chi connectivity index (χ4n) is 3.79. The predicted molar refractivity (Wildman–Crippen MR) is 118 cm³/mol. The Morgan fingerprint density at radius 3 is 1.85 bits per heavy atom.